The summed E-state index contributed by atoms with van der Waals surface area (Å²) >= 11 is 0. The minimum absolute atomic E-state index is 0.0521. The molecule has 0 saturated carbocycles. The summed E-state index contributed by atoms with van der Waals surface area (Å²) in [4.78, 5) is 34.4. The van der Waals surface area contributed by atoms with E-state index in [1.165, 1.54) is 6.92 Å². The van der Waals surface area contributed by atoms with E-state index in [2.05, 4.69) is 14.8 Å². The Kier molecular flexibility index (Phi) is 5.37. The summed E-state index contributed by atoms with van der Waals surface area (Å²) in [5.41, 5.74) is 1.82. The molecule has 1 atom stereocenters. The number of aromatic nitrogens is 5. The number of fused-ring (bicyclic) bond motifs is 1. The molecule has 0 bridgehead atoms. The zero-order valence-corrected chi connectivity index (χ0v) is 17.5. The van der Waals surface area contributed by atoms with Gasteiger partial charge < -0.3 is 19.3 Å². The third kappa shape index (κ3) is 4.02. The van der Waals surface area contributed by atoms with Gasteiger partial charge in [-0.2, -0.15) is 15.0 Å². The van der Waals surface area contributed by atoms with Crippen LogP contribution in [0.1, 0.15) is 19.8 Å². The Labute approximate surface area is 179 Å². The van der Waals surface area contributed by atoms with Gasteiger partial charge in [0.1, 0.15) is 12.9 Å². The molecule has 2 fully saturated rings. The standard InChI is InChI=1S/C21H25N7O3/c1-15(29)31-13-16-5-4-8-27(16)20-23-19(26-9-11-30-12-10-26)24-21(25-20)28-14-22-17-6-2-3-7-18(17)28/h2-3,6-7,14,16H,4-5,8-13H2,1H3. The van der Waals surface area contributed by atoms with Crippen LogP contribution in [0.25, 0.3) is 17.0 Å². The summed E-state index contributed by atoms with van der Waals surface area (Å²) in [6.45, 7) is 5.31. The van der Waals surface area contributed by atoms with E-state index in [0.717, 1.165) is 43.5 Å². The molecule has 10 nitrogen and oxygen atoms in total. The second-order valence-electron chi connectivity index (χ2n) is 7.73. The van der Waals surface area contributed by atoms with E-state index in [4.69, 9.17) is 24.4 Å². The van der Waals surface area contributed by atoms with Crippen LogP contribution in [0.2, 0.25) is 0 Å². The van der Waals surface area contributed by atoms with Gasteiger partial charge in [-0.15, -0.1) is 0 Å². The van der Waals surface area contributed by atoms with Gasteiger partial charge in [-0.05, 0) is 25.0 Å². The molecule has 0 aliphatic carbocycles. The summed E-state index contributed by atoms with van der Waals surface area (Å²) in [5, 5.41) is 0. The molecule has 2 aliphatic rings. The van der Waals surface area contributed by atoms with E-state index in [9.17, 15) is 4.79 Å². The first-order chi connectivity index (χ1) is 15.2. The topological polar surface area (TPSA) is 98.5 Å². The van der Waals surface area contributed by atoms with E-state index in [-0.39, 0.29) is 12.0 Å². The van der Waals surface area contributed by atoms with Crippen LogP contribution >= 0.6 is 0 Å². The average Bonchev–Trinajstić information content (AvgIpc) is 3.45. The van der Waals surface area contributed by atoms with E-state index in [1.807, 2.05) is 28.8 Å². The van der Waals surface area contributed by atoms with Crippen LogP contribution in [-0.2, 0) is 14.3 Å². The highest BCUT2D eigenvalue weighted by molar-refractivity contribution is 5.76. The Morgan fingerprint density at radius 1 is 1.10 bits per heavy atom. The fraction of sp³-hybridized carbons (Fsp3) is 0.476. The van der Waals surface area contributed by atoms with Crippen molar-refractivity contribution < 1.29 is 14.3 Å². The van der Waals surface area contributed by atoms with Crippen LogP contribution in [-0.4, -0.2) is 76.0 Å². The highest BCUT2D eigenvalue weighted by atomic mass is 16.5. The number of carbonyl (C=O) groups is 1. The molecular weight excluding hydrogens is 398 g/mol. The Morgan fingerprint density at radius 2 is 1.87 bits per heavy atom. The predicted octanol–water partition coefficient (Wildman–Crippen LogP) is 1.58. The molecule has 162 valence electrons. The average molecular weight is 423 g/mol. The molecule has 1 aromatic carbocycles. The zero-order valence-electron chi connectivity index (χ0n) is 17.5. The van der Waals surface area contributed by atoms with Crippen LogP contribution in [0.3, 0.4) is 0 Å². The van der Waals surface area contributed by atoms with Crippen molar-refractivity contribution in [2.45, 2.75) is 25.8 Å². The summed E-state index contributed by atoms with van der Waals surface area (Å²) in [5.74, 6) is 1.47. The van der Waals surface area contributed by atoms with Crippen molar-refractivity contribution in [3.63, 3.8) is 0 Å². The second kappa shape index (κ2) is 8.46. The Balaban J connectivity index is 1.55. The first-order valence-corrected chi connectivity index (χ1v) is 10.6. The van der Waals surface area contributed by atoms with Gasteiger partial charge in [-0.1, -0.05) is 12.1 Å². The normalized spacial score (nSPS) is 19.2. The fourth-order valence-electron chi connectivity index (χ4n) is 4.09. The summed E-state index contributed by atoms with van der Waals surface area (Å²) in [6, 6.07) is 7.95. The number of rotatable bonds is 5. The van der Waals surface area contributed by atoms with E-state index < -0.39 is 0 Å². The highest BCUT2D eigenvalue weighted by Crippen LogP contribution is 2.26. The number of para-hydroxylation sites is 2. The summed E-state index contributed by atoms with van der Waals surface area (Å²) < 4.78 is 12.7. The van der Waals surface area contributed by atoms with Crippen molar-refractivity contribution >= 4 is 28.9 Å². The van der Waals surface area contributed by atoms with Crippen LogP contribution in [0.5, 0.6) is 0 Å². The largest absolute Gasteiger partial charge is 0.464 e. The van der Waals surface area contributed by atoms with Crippen LogP contribution in [0.4, 0.5) is 11.9 Å². The van der Waals surface area contributed by atoms with Crippen molar-refractivity contribution in [2.24, 2.45) is 0 Å². The molecule has 2 aromatic heterocycles. The van der Waals surface area contributed by atoms with Crippen LogP contribution < -0.4 is 9.80 Å². The molecule has 3 aromatic rings. The smallest absolute Gasteiger partial charge is 0.302 e. The highest BCUT2D eigenvalue weighted by Gasteiger charge is 2.29. The van der Waals surface area contributed by atoms with Crippen LogP contribution in [0, 0.1) is 0 Å². The number of anilines is 2. The second-order valence-corrected chi connectivity index (χ2v) is 7.73. The lowest BCUT2D eigenvalue weighted by molar-refractivity contribution is -0.141. The maximum absolute atomic E-state index is 11.3. The van der Waals surface area contributed by atoms with Gasteiger partial charge in [0.2, 0.25) is 17.8 Å². The summed E-state index contributed by atoms with van der Waals surface area (Å²) in [7, 11) is 0. The molecule has 2 aliphatic heterocycles. The van der Waals surface area contributed by atoms with Gasteiger partial charge in [-0.25, -0.2) is 4.98 Å². The number of imidazole rings is 1. The van der Waals surface area contributed by atoms with Crippen molar-refractivity contribution in [1.82, 2.24) is 24.5 Å². The lowest BCUT2D eigenvalue weighted by Crippen LogP contribution is -2.39. The van der Waals surface area contributed by atoms with Gasteiger partial charge in [-0.3, -0.25) is 9.36 Å². The lowest BCUT2D eigenvalue weighted by atomic mass is 10.2. The first-order valence-electron chi connectivity index (χ1n) is 10.6. The fourth-order valence-corrected chi connectivity index (χ4v) is 4.09. The maximum atomic E-state index is 11.3. The van der Waals surface area contributed by atoms with Gasteiger partial charge in [0.25, 0.3) is 0 Å². The molecule has 31 heavy (non-hydrogen) atoms. The Bertz CT molecular complexity index is 1080. The molecular formula is C21H25N7O3. The lowest BCUT2D eigenvalue weighted by Gasteiger charge is -2.29. The van der Waals surface area contributed by atoms with Gasteiger partial charge in [0, 0.05) is 26.6 Å². The molecule has 0 radical (unpaired) electrons. The first kappa shape index (κ1) is 19.7. The quantitative estimate of drug-likeness (QED) is 0.566. The van der Waals surface area contributed by atoms with E-state index >= 15 is 0 Å². The number of hydrogen-bond donors (Lipinski definition) is 0. The summed E-state index contributed by atoms with van der Waals surface area (Å²) in [6.07, 6.45) is 3.66. The van der Waals surface area contributed by atoms with Crippen molar-refractivity contribution in [3.05, 3.63) is 30.6 Å². The van der Waals surface area contributed by atoms with Gasteiger partial charge >= 0.3 is 5.97 Å². The third-order valence-corrected chi connectivity index (χ3v) is 5.68. The number of morpholine rings is 1. The van der Waals surface area contributed by atoms with E-state index in [1.54, 1.807) is 6.33 Å². The zero-order chi connectivity index (χ0) is 21.2. The Morgan fingerprint density at radius 3 is 2.71 bits per heavy atom. The number of esters is 1. The molecule has 0 N–H and O–H groups in total. The minimum atomic E-state index is -0.276. The number of ether oxygens (including phenoxy) is 2. The molecule has 0 spiro atoms. The SMILES string of the molecule is CC(=O)OCC1CCCN1c1nc(N2CCOCC2)nc(-n2cnc3ccccc32)n1. The maximum Gasteiger partial charge on any atom is 0.302 e. The van der Waals surface area contributed by atoms with Crippen LogP contribution in [0.15, 0.2) is 30.6 Å². The molecule has 2 saturated heterocycles. The minimum Gasteiger partial charge on any atom is -0.464 e. The molecule has 10 heteroatoms. The molecule has 4 heterocycles. The molecule has 1 unspecified atom stereocenters. The van der Waals surface area contributed by atoms with Crippen molar-refractivity contribution in [1.29, 1.82) is 0 Å². The number of carbonyl (C=O) groups excluding carboxylic acids is 1. The van der Waals surface area contributed by atoms with Gasteiger partial charge in [0.05, 0.1) is 30.3 Å². The van der Waals surface area contributed by atoms with Crippen molar-refractivity contribution in [3.8, 4) is 5.95 Å². The Hall–Kier alpha value is -3.27. The number of benzene rings is 1. The monoisotopic (exact) mass is 423 g/mol. The molecule has 0 amide bonds. The third-order valence-electron chi connectivity index (χ3n) is 5.68. The molecule has 5 rings (SSSR count). The van der Waals surface area contributed by atoms with Gasteiger partial charge in [0.15, 0.2) is 0 Å². The number of nitrogens with zero attached hydrogens (tertiary/aromatic N) is 7. The van der Waals surface area contributed by atoms with Crippen molar-refractivity contribution in [2.75, 3.05) is 49.3 Å². The number of hydrogen-bond acceptors (Lipinski definition) is 9. The predicted molar refractivity (Wildman–Crippen MR) is 114 cm³/mol. The van der Waals surface area contributed by atoms with E-state index in [0.29, 0.717) is 37.7 Å².